The van der Waals surface area contributed by atoms with Gasteiger partial charge in [0.15, 0.2) is 5.60 Å². The van der Waals surface area contributed by atoms with Crippen molar-refractivity contribution in [2.75, 3.05) is 6.54 Å². The molecule has 18 heavy (non-hydrogen) atoms. The van der Waals surface area contributed by atoms with Gasteiger partial charge in [-0.3, -0.25) is 0 Å². The smallest absolute Gasteiger partial charge is 0.375 e. The molecule has 3 N–H and O–H groups in total. The second-order valence-electron chi connectivity index (χ2n) is 4.09. The Morgan fingerprint density at radius 2 is 1.61 bits per heavy atom. The van der Waals surface area contributed by atoms with Crippen LogP contribution in [0.25, 0.3) is 10.8 Å². The highest BCUT2D eigenvalue weighted by molar-refractivity contribution is 5.86. The van der Waals surface area contributed by atoms with Gasteiger partial charge in [0, 0.05) is 12.1 Å². The van der Waals surface area contributed by atoms with E-state index in [2.05, 4.69) is 0 Å². The van der Waals surface area contributed by atoms with E-state index in [1.165, 1.54) is 18.2 Å². The first-order valence-corrected chi connectivity index (χ1v) is 5.37. The SMILES string of the molecule is NCC(O)(c1cccc2ccccc12)C(F)(F)F. The highest BCUT2D eigenvalue weighted by Crippen LogP contribution is 2.40. The van der Waals surface area contributed by atoms with Crippen LogP contribution in [0.5, 0.6) is 0 Å². The lowest BCUT2D eigenvalue weighted by atomic mass is 9.89. The Kier molecular flexibility index (Phi) is 3.04. The van der Waals surface area contributed by atoms with E-state index in [1.807, 2.05) is 0 Å². The Labute approximate surface area is 102 Å². The van der Waals surface area contributed by atoms with E-state index >= 15 is 0 Å². The van der Waals surface area contributed by atoms with Crippen LogP contribution in [0.3, 0.4) is 0 Å². The van der Waals surface area contributed by atoms with Gasteiger partial charge in [-0.25, -0.2) is 0 Å². The fraction of sp³-hybridized carbons (Fsp3) is 0.231. The molecule has 0 aliphatic heterocycles. The molecule has 5 heteroatoms. The molecule has 0 aromatic heterocycles. The van der Waals surface area contributed by atoms with Crippen LogP contribution in [0.1, 0.15) is 5.56 Å². The second kappa shape index (κ2) is 4.26. The van der Waals surface area contributed by atoms with Crippen molar-refractivity contribution in [3.05, 3.63) is 48.0 Å². The summed E-state index contributed by atoms with van der Waals surface area (Å²) in [5.74, 6) is 0. The van der Waals surface area contributed by atoms with Crippen LogP contribution in [0, 0.1) is 0 Å². The predicted octanol–water partition coefficient (Wildman–Crippen LogP) is 2.55. The molecule has 0 saturated carbocycles. The molecule has 1 atom stereocenters. The maximum absolute atomic E-state index is 13.0. The third kappa shape index (κ3) is 1.85. The first kappa shape index (κ1) is 12.9. The highest BCUT2D eigenvalue weighted by atomic mass is 19.4. The topological polar surface area (TPSA) is 46.2 Å². The molecule has 0 aliphatic rings. The maximum Gasteiger partial charge on any atom is 0.422 e. The Hall–Kier alpha value is -1.59. The summed E-state index contributed by atoms with van der Waals surface area (Å²) in [6.45, 7) is -0.912. The number of alkyl halides is 3. The highest BCUT2D eigenvalue weighted by Gasteiger charge is 2.54. The lowest BCUT2D eigenvalue weighted by Gasteiger charge is -2.30. The third-order valence-corrected chi connectivity index (χ3v) is 3.00. The van der Waals surface area contributed by atoms with Gasteiger partial charge in [-0.15, -0.1) is 0 Å². The summed E-state index contributed by atoms with van der Waals surface area (Å²) in [7, 11) is 0. The molecular formula is C13H12F3NO. The summed E-state index contributed by atoms with van der Waals surface area (Å²) in [5, 5.41) is 10.9. The number of hydrogen-bond acceptors (Lipinski definition) is 2. The Bertz CT molecular complexity index is 562. The fourth-order valence-electron chi connectivity index (χ4n) is 1.96. The summed E-state index contributed by atoms with van der Waals surface area (Å²) in [6.07, 6.45) is -4.81. The zero-order valence-electron chi connectivity index (χ0n) is 9.41. The van der Waals surface area contributed by atoms with Crippen LogP contribution < -0.4 is 5.73 Å². The molecule has 0 heterocycles. The van der Waals surface area contributed by atoms with E-state index < -0.39 is 18.3 Å². The van der Waals surface area contributed by atoms with Gasteiger partial charge in [0.05, 0.1) is 0 Å². The van der Waals surface area contributed by atoms with Crippen LogP contribution in [0.15, 0.2) is 42.5 Å². The molecule has 0 saturated heterocycles. The summed E-state index contributed by atoms with van der Waals surface area (Å²) in [4.78, 5) is 0. The van der Waals surface area contributed by atoms with Crippen LogP contribution in [0.2, 0.25) is 0 Å². The largest absolute Gasteiger partial charge is 0.422 e. The van der Waals surface area contributed by atoms with Crippen LogP contribution >= 0.6 is 0 Å². The van der Waals surface area contributed by atoms with Crippen molar-refractivity contribution in [2.45, 2.75) is 11.8 Å². The minimum atomic E-state index is -4.81. The molecule has 96 valence electrons. The van der Waals surface area contributed by atoms with Crippen molar-refractivity contribution >= 4 is 10.8 Å². The molecule has 0 spiro atoms. The minimum Gasteiger partial charge on any atom is -0.375 e. The maximum atomic E-state index is 13.0. The summed E-state index contributed by atoms with van der Waals surface area (Å²) in [5.41, 5.74) is 1.91. The zero-order valence-corrected chi connectivity index (χ0v) is 9.41. The third-order valence-electron chi connectivity index (χ3n) is 3.00. The molecule has 0 fully saturated rings. The normalized spacial score (nSPS) is 15.6. The monoisotopic (exact) mass is 255 g/mol. The first-order valence-electron chi connectivity index (χ1n) is 5.37. The molecule has 0 amide bonds. The fourth-order valence-corrected chi connectivity index (χ4v) is 1.96. The average Bonchev–Trinajstić information content (AvgIpc) is 2.35. The van der Waals surface area contributed by atoms with Crippen molar-refractivity contribution in [1.82, 2.24) is 0 Å². The molecule has 0 bridgehead atoms. The number of fused-ring (bicyclic) bond motifs is 1. The molecule has 1 unspecified atom stereocenters. The van der Waals surface area contributed by atoms with Gasteiger partial charge >= 0.3 is 6.18 Å². The minimum absolute atomic E-state index is 0.212. The number of rotatable bonds is 2. The molecule has 2 rings (SSSR count). The van der Waals surface area contributed by atoms with Crippen molar-refractivity contribution in [3.8, 4) is 0 Å². The van der Waals surface area contributed by atoms with Gasteiger partial charge < -0.3 is 10.8 Å². The van der Waals surface area contributed by atoms with Gasteiger partial charge in [-0.2, -0.15) is 13.2 Å². The quantitative estimate of drug-likeness (QED) is 0.866. The average molecular weight is 255 g/mol. The van der Waals surface area contributed by atoms with Crippen LogP contribution in [-0.2, 0) is 5.60 Å². The molecule has 2 nitrogen and oxygen atoms in total. The first-order chi connectivity index (χ1) is 8.40. The van der Waals surface area contributed by atoms with E-state index in [0.717, 1.165) is 0 Å². The van der Waals surface area contributed by atoms with Crippen molar-refractivity contribution < 1.29 is 18.3 Å². The molecule has 2 aromatic carbocycles. The van der Waals surface area contributed by atoms with E-state index in [4.69, 9.17) is 5.73 Å². The van der Waals surface area contributed by atoms with Crippen molar-refractivity contribution in [1.29, 1.82) is 0 Å². The summed E-state index contributed by atoms with van der Waals surface area (Å²) < 4.78 is 39.0. The molecule has 0 radical (unpaired) electrons. The number of aliphatic hydroxyl groups is 1. The van der Waals surface area contributed by atoms with E-state index in [9.17, 15) is 18.3 Å². The zero-order chi connectivity index (χ0) is 13.4. The van der Waals surface area contributed by atoms with Gasteiger partial charge in [-0.05, 0) is 10.8 Å². The summed E-state index contributed by atoms with van der Waals surface area (Å²) >= 11 is 0. The lowest BCUT2D eigenvalue weighted by molar-refractivity contribution is -0.261. The standard InChI is InChI=1S/C13H12F3NO/c14-13(15,16)12(18,8-17)11-7-3-5-9-4-1-2-6-10(9)11/h1-7,18H,8,17H2. The number of hydrogen-bond donors (Lipinski definition) is 2. The number of nitrogens with two attached hydrogens (primary N) is 1. The number of halogens is 3. The van der Waals surface area contributed by atoms with Gasteiger partial charge in [0.25, 0.3) is 0 Å². The Balaban J connectivity index is 2.74. The molecule has 0 aliphatic carbocycles. The van der Waals surface area contributed by atoms with Gasteiger partial charge in [-0.1, -0.05) is 42.5 Å². The molecular weight excluding hydrogens is 243 g/mol. The number of benzene rings is 2. The van der Waals surface area contributed by atoms with Gasteiger partial charge in [0.1, 0.15) is 0 Å². The van der Waals surface area contributed by atoms with Gasteiger partial charge in [0.2, 0.25) is 0 Å². The van der Waals surface area contributed by atoms with Crippen LogP contribution in [-0.4, -0.2) is 17.8 Å². The second-order valence-corrected chi connectivity index (χ2v) is 4.09. The summed E-state index contributed by atoms with van der Waals surface area (Å²) in [6, 6.07) is 11.0. The van der Waals surface area contributed by atoms with Crippen LogP contribution in [0.4, 0.5) is 13.2 Å². The molecule has 2 aromatic rings. The Morgan fingerprint density at radius 1 is 1.00 bits per heavy atom. The predicted molar refractivity (Wildman–Crippen MR) is 63.0 cm³/mol. The van der Waals surface area contributed by atoms with E-state index in [1.54, 1.807) is 24.3 Å². The van der Waals surface area contributed by atoms with Crippen molar-refractivity contribution in [2.24, 2.45) is 5.73 Å². The Morgan fingerprint density at radius 3 is 2.22 bits per heavy atom. The lowest BCUT2D eigenvalue weighted by Crippen LogP contribution is -2.48. The van der Waals surface area contributed by atoms with E-state index in [0.29, 0.717) is 10.8 Å². The van der Waals surface area contributed by atoms with E-state index in [-0.39, 0.29) is 5.56 Å². The van der Waals surface area contributed by atoms with Crippen molar-refractivity contribution in [3.63, 3.8) is 0 Å².